The van der Waals surface area contributed by atoms with Crippen molar-refractivity contribution < 1.29 is 4.79 Å². The van der Waals surface area contributed by atoms with Crippen molar-refractivity contribution in [3.63, 3.8) is 0 Å². The minimum Gasteiger partial charge on any atom is -0.325 e. The Morgan fingerprint density at radius 2 is 2.00 bits per heavy atom. The van der Waals surface area contributed by atoms with Gasteiger partial charge in [0.2, 0.25) is 5.91 Å². The Morgan fingerprint density at radius 3 is 2.62 bits per heavy atom. The van der Waals surface area contributed by atoms with E-state index in [0.29, 0.717) is 17.1 Å². The smallest absolute Gasteiger partial charge is 0.225 e. The van der Waals surface area contributed by atoms with Crippen LogP contribution in [0.15, 0.2) is 24.3 Å². The number of nitrogens with one attached hydrogen (secondary N) is 2. The molecule has 1 fully saturated rings. The van der Waals surface area contributed by atoms with E-state index < -0.39 is 0 Å². The number of hydrogen-bond acceptors (Lipinski definition) is 3. The van der Waals surface area contributed by atoms with Crippen molar-refractivity contribution in [1.29, 1.82) is 0 Å². The maximum absolute atomic E-state index is 12.0. The molecule has 2 rings (SSSR count). The van der Waals surface area contributed by atoms with Crippen molar-refractivity contribution in [2.45, 2.75) is 31.7 Å². The van der Waals surface area contributed by atoms with E-state index in [4.69, 9.17) is 11.6 Å². The first-order chi connectivity index (χ1) is 10.0. The molecule has 0 atom stereocenters. The number of para-hydroxylation sites is 1. The molecule has 2 N–H and O–H groups in total. The average molecular weight is 310 g/mol. The van der Waals surface area contributed by atoms with E-state index in [-0.39, 0.29) is 11.4 Å². The lowest BCUT2D eigenvalue weighted by Gasteiger charge is -2.39. The molecule has 0 radical (unpaired) electrons. The Bertz CT molecular complexity index is 484. The van der Waals surface area contributed by atoms with Crippen LogP contribution in [0, 0.1) is 0 Å². The summed E-state index contributed by atoms with van der Waals surface area (Å²) in [6.07, 6.45) is 2.74. The third kappa shape index (κ3) is 4.70. The molecule has 116 valence electrons. The fourth-order valence-electron chi connectivity index (χ4n) is 2.56. The molecule has 0 aromatic heterocycles. The zero-order valence-electron chi connectivity index (χ0n) is 12.8. The summed E-state index contributed by atoms with van der Waals surface area (Å²) < 4.78 is 0. The predicted octanol–water partition coefficient (Wildman–Crippen LogP) is 2.74. The fourth-order valence-corrected chi connectivity index (χ4v) is 2.74. The number of rotatable bonds is 5. The Hall–Kier alpha value is -1.10. The van der Waals surface area contributed by atoms with Crippen LogP contribution in [0.5, 0.6) is 0 Å². The highest BCUT2D eigenvalue weighted by molar-refractivity contribution is 6.33. The second-order valence-corrected chi connectivity index (χ2v) is 6.34. The Balaban J connectivity index is 1.74. The molecule has 1 heterocycles. The van der Waals surface area contributed by atoms with Gasteiger partial charge < -0.3 is 15.5 Å². The fraction of sp³-hybridized carbons (Fsp3) is 0.562. The van der Waals surface area contributed by atoms with E-state index in [0.717, 1.165) is 32.5 Å². The van der Waals surface area contributed by atoms with Gasteiger partial charge in [-0.05, 0) is 52.0 Å². The largest absolute Gasteiger partial charge is 0.325 e. The molecular formula is C16H24ClN3O. The van der Waals surface area contributed by atoms with Crippen molar-refractivity contribution in [2.75, 3.05) is 32.0 Å². The standard InChI is InChI=1S/C16H24ClN3O/c1-16(18-2)8-11-20(12-9-16)10-7-15(21)19-14-6-4-3-5-13(14)17/h3-6,18H,7-12H2,1-2H3,(H,19,21). The van der Waals surface area contributed by atoms with Gasteiger partial charge in [0.05, 0.1) is 10.7 Å². The minimum atomic E-state index is 0.0186. The third-order valence-electron chi connectivity index (χ3n) is 4.37. The molecule has 1 aliphatic heterocycles. The van der Waals surface area contributed by atoms with Crippen LogP contribution in [-0.4, -0.2) is 43.0 Å². The van der Waals surface area contributed by atoms with Crippen LogP contribution in [0.25, 0.3) is 0 Å². The summed E-state index contributed by atoms with van der Waals surface area (Å²) in [6.45, 7) is 5.14. The molecular weight excluding hydrogens is 286 g/mol. The summed E-state index contributed by atoms with van der Waals surface area (Å²) in [5.41, 5.74) is 0.932. The van der Waals surface area contributed by atoms with Crippen LogP contribution in [0.2, 0.25) is 5.02 Å². The molecule has 1 aliphatic rings. The molecule has 4 nitrogen and oxygen atoms in total. The predicted molar refractivity (Wildman–Crippen MR) is 87.8 cm³/mol. The van der Waals surface area contributed by atoms with Crippen LogP contribution in [0.1, 0.15) is 26.2 Å². The molecule has 1 amide bonds. The van der Waals surface area contributed by atoms with E-state index in [1.54, 1.807) is 6.07 Å². The van der Waals surface area contributed by atoms with Gasteiger partial charge >= 0.3 is 0 Å². The Labute approximate surface area is 131 Å². The lowest BCUT2D eigenvalue weighted by atomic mass is 9.90. The molecule has 1 aromatic carbocycles. The number of anilines is 1. The number of likely N-dealkylation sites (tertiary alicyclic amines) is 1. The number of carbonyl (C=O) groups excluding carboxylic acids is 1. The topological polar surface area (TPSA) is 44.4 Å². The summed E-state index contributed by atoms with van der Waals surface area (Å²) in [7, 11) is 2.02. The number of piperidine rings is 1. The summed E-state index contributed by atoms with van der Waals surface area (Å²) >= 11 is 6.03. The molecule has 0 unspecified atom stereocenters. The second kappa shape index (κ2) is 7.25. The molecule has 0 aliphatic carbocycles. The SMILES string of the molecule is CNC1(C)CCN(CCC(=O)Nc2ccccc2Cl)CC1. The molecule has 1 saturated heterocycles. The molecule has 21 heavy (non-hydrogen) atoms. The van der Waals surface area contributed by atoms with Crippen molar-refractivity contribution >= 4 is 23.2 Å². The van der Waals surface area contributed by atoms with Gasteiger partial charge in [-0.15, -0.1) is 0 Å². The number of amides is 1. The third-order valence-corrected chi connectivity index (χ3v) is 4.70. The van der Waals surface area contributed by atoms with Crippen molar-refractivity contribution in [2.24, 2.45) is 0 Å². The first-order valence-electron chi connectivity index (χ1n) is 7.48. The zero-order valence-corrected chi connectivity index (χ0v) is 13.5. The van der Waals surface area contributed by atoms with E-state index >= 15 is 0 Å². The van der Waals surface area contributed by atoms with Crippen LogP contribution < -0.4 is 10.6 Å². The van der Waals surface area contributed by atoms with Crippen molar-refractivity contribution in [3.05, 3.63) is 29.3 Å². The Morgan fingerprint density at radius 1 is 1.33 bits per heavy atom. The number of hydrogen-bond donors (Lipinski definition) is 2. The van der Waals surface area contributed by atoms with E-state index in [2.05, 4.69) is 22.5 Å². The number of halogens is 1. The maximum Gasteiger partial charge on any atom is 0.225 e. The second-order valence-electron chi connectivity index (χ2n) is 5.93. The van der Waals surface area contributed by atoms with Crippen LogP contribution >= 0.6 is 11.6 Å². The molecule has 0 spiro atoms. The van der Waals surface area contributed by atoms with Crippen LogP contribution in [0.3, 0.4) is 0 Å². The van der Waals surface area contributed by atoms with Crippen molar-refractivity contribution in [3.8, 4) is 0 Å². The van der Waals surface area contributed by atoms with E-state index in [1.807, 2.05) is 25.2 Å². The van der Waals surface area contributed by atoms with Crippen LogP contribution in [0.4, 0.5) is 5.69 Å². The van der Waals surface area contributed by atoms with Gasteiger partial charge in [0.1, 0.15) is 0 Å². The monoisotopic (exact) mass is 309 g/mol. The summed E-state index contributed by atoms with van der Waals surface area (Å²) in [5.74, 6) is 0.0186. The van der Waals surface area contributed by atoms with Gasteiger partial charge in [-0.1, -0.05) is 23.7 Å². The lowest BCUT2D eigenvalue weighted by Crippen LogP contribution is -2.50. The minimum absolute atomic E-state index is 0.0186. The number of nitrogens with zero attached hydrogens (tertiary/aromatic N) is 1. The quantitative estimate of drug-likeness (QED) is 0.879. The van der Waals surface area contributed by atoms with Gasteiger partial charge in [-0.25, -0.2) is 0 Å². The van der Waals surface area contributed by atoms with E-state index in [9.17, 15) is 4.79 Å². The van der Waals surface area contributed by atoms with Gasteiger partial charge in [0.15, 0.2) is 0 Å². The highest BCUT2D eigenvalue weighted by Gasteiger charge is 2.28. The summed E-state index contributed by atoms with van der Waals surface area (Å²) in [4.78, 5) is 14.3. The molecule has 5 heteroatoms. The van der Waals surface area contributed by atoms with Gasteiger partial charge in [-0.3, -0.25) is 4.79 Å². The van der Waals surface area contributed by atoms with Gasteiger partial charge in [0.25, 0.3) is 0 Å². The summed E-state index contributed by atoms with van der Waals surface area (Å²) in [5, 5.41) is 6.83. The van der Waals surface area contributed by atoms with Crippen molar-refractivity contribution in [1.82, 2.24) is 10.2 Å². The molecule has 0 saturated carbocycles. The highest BCUT2D eigenvalue weighted by Crippen LogP contribution is 2.22. The molecule has 1 aromatic rings. The van der Waals surface area contributed by atoms with Gasteiger partial charge in [-0.2, -0.15) is 0 Å². The Kier molecular flexibility index (Phi) is 5.62. The van der Waals surface area contributed by atoms with Gasteiger partial charge in [0, 0.05) is 18.5 Å². The average Bonchev–Trinajstić information content (AvgIpc) is 2.49. The molecule has 0 bridgehead atoms. The first kappa shape index (κ1) is 16.3. The lowest BCUT2D eigenvalue weighted by molar-refractivity contribution is -0.116. The highest BCUT2D eigenvalue weighted by atomic mass is 35.5. The first-order valence-corrected chi connectivity index (χ1v) is 7.86. The number of benzene rings is 1. The van der Waals surface area contributed by atoms with E-state index in [1.165, 1.54) is 0 Å². The maximum atomic E-state index is 12.0. The number of carbonyl (C=O) groups is 1. The zero-order chi connectivity index (χ0) is 15.3. The summed E-state index contributed by atoms with van der Waals surface area (Å²) in [6, 6.07) is 7.31. The van der Waals surface area contributed by atoms with Crippen LogP contribution in [-0.2, 0) is 4.79 Å². The normalized spacial score (nSPS) is 18.4.